The third kappa shape index (κ3) is 3.32. The molecular formula is C20H13F3N4O2S. The lowest BCUT2D eigenvalue weighted by Gasteiger charge is -2.36. The molecule has 5 rings (SSSR count). The van der Waals surface area contributed by atoms with Gasteiger partial charge in [0, 0.05) is 18.7 Å². The summed E-state index contributed by atoms with van der Waals surface area (Å²) in [6, 6.07) is 12.3. The van der Waals surface area contributed by atoms with Crippen LogP contribution in [0, 0.1) is 0 Å². The van der Waals surface area contributed by atoms with Gasteiger partial charge < -0.3 is 9.42 Å². The van der Waals surface area contributed by atoms with E-state index < -0.39 is 11.7 Å². The van der Waals surface area contributed by atoms with Crippen molar-refractivity contribution in [3.05, 3.63) is 65.0 Å². The van der Waals surface area contributed by atoms with Crippen LogP contribution in [0.25, 0.3) is 21.6 Å². The highest BCUT2D eigenvalue weighted by molar-refractivity contribution is 7.20. The topological polar surface area (TPSA) is 72.1 Å². The molecule has 4 aromatic rings. The molecule has 0 saturated carbocycles. The number of rotatable bonds is 3. The third-order valence-corrected chi connectivity index (χ3v) is 5.91. The Labute approximate surface area is 172 Å². The molecule has 0 N–H and O–H groups in total. The number of likely N-dealkylation sites (tertiary alicyclic amines) is 1. The van der Waals surface area contributed by atoms with E-state index in [4.69, 9.17) is 4.52 Å². The maximum Gasteiger partial charge on any atom is 0.416 e. The summed E-state index contributed by atoms with van der Waals surface area (Å²) in [6.07, 6.45) is -4.45. The Hall–Kier alpha value is -3.27. The fourth-order valence-electron chi connectivity index (χ4n) is 3.25. The summed E-state index contributed by atoms with van der Waals surface area (Å²) in [6.45, 7) is 0.776. The van der Waals surface area contributed by atoms with Crippen LogP contribution in [-0.4, -0.2) is 39.0 Å². The molecule has 152 valence electrons. The number of thiazole rings is 1. The van der Waals surface area contributed by atoms with Crippen molar-refractivity contribution >= 4 is 27.5 Å². The number of hydrogen-bond acceptors (Lipinski definition) is 6. The second-order valence-electron chi connectivity index (χ2n) is 6.93. The molecular weight excluding hydrogens is 417 g/mol. The number of carbonyl (C=O) groups is 1. The SMILES string of the molecule is O=C(c1nc2ccccc2s1)N1CC(c2nc(-c3cccc(C(F)(F)F)c3)no2)C1. The highest BCUT2D eigenvalue weighted by Gasteiger charge is 2.37. The van der Waals surface area contributed by atoms with Crippen LogP contribution in [0.1, 0.15) is 27.2 Å². The first-order valence-electron chi connectivity index (χ1n) is 9.04. The van der Waals surface area contributed by atoms with E-state index in [-0.39, 0.29) is 23.2 Å². The lowest BCUT2D eigenvalue weighted by atomic mass is 10.00. The Bertz CT molecular complexity index is 1210. The van der Waals surface area contributed by atoms with Gasteiger partial charge in [0.1, 0.15) is 0 Å². The molecule has 0 aliphatic carbocycles. The highest BCUT2D eigenvalue weighted by atomic mass is 32.1. The van der Waals surface area contributed by atoms with E-state index in [1.807, 2.05) is 24.3 Å². The predicted molar refractivity (Wildman–Crippen MR) is 103 cm³/mol. The van der Waals surface area contributed by atoms with Crippen molar-refractivity contribution < 1.29 is 22.5 Å². The summed E-state index contributed by atoms with van der Waals surface area (Å²) in [5.74, 6) is 0.0725. The van der Waals surface area contributed by atoms with E-state index >= 15 is 0 Å². The number of hydrogen-bond donors (Lipinski definition) is 0. The first-order valence-corrected chi connectivity index (χ1v) is 9.86. The molecule has 6 nitrogen and oxygen atoms in total. The predicted octanol–water partition coefficient (Wildman–Crippen LogP) is 4.60. The van der Waals surface area contributed by atoms with Gasteiger partial charge in [0.05, 0.1) is 21.7 Å². The molecule has 1 amide bonds. The van der Waals surface area contributed by atoms with Crippen LogP contribution >= 0.6 is 11.3 Å². The monoisotopic (exact) mass is 430 g/mol. The zero-order chi connectivity index (χ0) is 20.9. The Morgan fingerprint density at radius 3 is 2.67 bits per heavy atom. The minimum Gasteiger partial charge on any atom is -0.339 e. The number of aromatic nitrogens is 3. The molecule has 30 heavy (non-hydrogen) atoms. The van der Waals surface area contributed by atoms with Gasteiger partial charge in [-0.3, -0.25) is 4.79 Å². The molecule has 0 unspecified atom stereocenters. The van der Waals surface area contributed by atoms with Crippen LogP contribution in [0.15, 0.2) is 53.1 Å². The maximum absolute atomic E-state index is 12.9. The van der Waals surface area contributed by atoms with E-state index in [2.05, 4.69) is 15.1 Å². The molecule has 2 aromatic carbocycles. The largest absolute Gasteiger partial charge is 0.416 e. The average molecular weight is 430 g/mol. The van der Waals surface area contributed by atoms with Gasteiger partial charge in [0.25, 0.3) is 5.91 Å². The van der Waals surface area contributed by atoms with Crippen LogP contribution in [0.3, 0.4) is 0 Å². The molecule has 1 aliphatic heterocycles. The van der Waals surface area contributed by atoms with Crippen molar-refractivity contribution in [2.24, 2.45) is 0 Å². The molecule has 10 heteroatoms. The second-order valence-corrected chi connectivity index (χ2v) is 7.96. The molecule has 0 bridgehead atoms. The molecule has 3 heterocycles. The van der Waals surface area contributed by atoms with E-state index in [9.17, 15) is 18.0 Å². The smallest absolute Gasteiger partial charge is 0.339 e. The van der Waals surface area contributed by atoms with Crippen molar-refractivity contribution in [1.82, 2.24) is 20.0 Å². The normalized spacial score (nSPS) is 14.8. The van der Waals surface area contributed by atoms with Gasteiger partial charge >= 0.3 is 6.18 Å². The van der Waals surface area contributed by atoms with Gasteiger partial charge in [-0.05, 0) is 24.3 Å². The number of para-hydroxylation sites is 1. The van der Waals surface area contributed by atoms with E-state index in [1.54, 1.807) is 4.90 Å². The van der Waals surface area contributed by atoms with Gasteiger partial charge in [0.15, 0.2) is 5.01 Å². The van der Waals surface area contributed by atoms with Crippen molar-refractivity contribution in [2.75, 3.05) is 13.1 Å². The molecule has 1 saturated heterocycles. The number of amides is 1. The van der Waals surface area contributed by atoms with Crippen LogP contribution in [0.5, 0.6) is 0 Å². The number of carbonyl (C=O) groups excluding carboxylic acids is 1. The number of halogens is 3. The van der Waals surface area contributed by atoms with Gasteiger partial charge in [0.2, 0.25) is 11.7 Å². The lowest BCUT2D eigenvalue weighted by molar-refractivity contribution is -0.137. The van der Waals surface area contributed by atoms with Gasteiger partial charge in [-0.2, -0.15) is 18.2 Å². The second kappa shape index (κ2) is 6.91. The Kier molecular flexibility index (Phi) is 4.31. The summed E-state index contributed by atoms with van der Waals surface area (Å²) in [7, 11) is 0. The summed E-state index contributed by atoms with van der Waals surface area (Å²) >= 11 is 1.34. The first kappa shape index (κ1) is 18.7. The Morgan fingerprint density at radius 2 is 1.90 bits per heavy atom. The minimum absolute atomic E-state index is 0.0899. The molecule has 0 radical (unpaired) electrons. The van der Waals surface area contributed by atoms with E-state index in [1.165, 1.54) is 23.5 Å². The quantitative estimate of drug-likeness (QED) is 0.475. The summed E-state index contributed by atoms with van der Waals surface area (Å²) < 4.78 is 44.9. The molecule has 1 aliphatic rings. The first-order chi connectivity index (χ1) is 14.4. The zero-order valence-electron chi connectivity index (χ0n) is 15.3. The molecule has 1 fully saturated rings. The van der Waals surface area contributed by atoms with Gasteiger partial charge in [-0.15, -0.1) is 11.3 Å². The number of fused-ring (bicyclic) bond motifs is 1. The van der Waals surface area contributed by atoms with Crippen LogP contribution in [0.4, 0.5) is 13.2 Å². The fraction of sp³-hybridized carbons (Fsp3) is 0.200. The summed E-state index contributed by atoms with van der Waals surface area (Å²) in [4.78, 5) is 22.9. The van der Waals surface area contributed by atoms with Crippen molar-refractivity contribution in [2.45, 2.75) is 12.1 Å². The zero-order valence-corrected chi connectivity index (χ0v) is 16.1. The van der Waals surface area contributed by atoms with Crippen LogP contribution < -0.4 is 0 Å². The molecule has 0 spiro atoms. The van der Waals surface area contributed by atoms with Gasteiger partial charge in [-0.25, -0.2) is 4.98 Å². The fourth-order valence-corrected chi connectivity index (χ4v) is 4.19. The van der Waals surface area contributed by atoms with E-state index in [0.29, 0.717) is 24.0 Å². The number of alkyl halides is 3. The highest BCUT2D eigenvalue weighted by Crippen LogP contribution is 2.33. The maximum atomic E-state index is 12.9. The third-order valence-electron chi connectivity index (χ3n) is 4.88. The average Bonchev–Trinajstić information content (AvgIpc) is 3.33. The van der Waals surface area contributed by atoms with Crippen molar-refractivity contribution in [3.63, 3.8) is 0 Å². The Morgan fingerprint density at radius 1 is 1.10 bits per heavy atom. The minimum atomic E-state index is -4.45. The van der Waals surface area contributed by atoms with Crippen molar-refractivity contribution in [3.8, 4) is 11.4 Å². The van der Waals surface area contributed by atoms with Crippen molar-refractivity contribution in [1.29, 1.82) is 0 Å². The molecule has 2 aromatic heterocycles. The number of nitrogens with zero attached hydrogens (tertiary/aromatic N) is 4. The summed E-state index contributed by atoms with van der Waals surface area (Å²) in [5.41, 5.74) is 0.231. The lowest BCUT2D eigenvalue weighted by Crippen LogP contribution is -2.48. The van der Waals surface area contributed by atoms with E-state index in [0.717, 1.165) is 22.3 Å². The van der Waals surface area contributed by atoms with Gasteiger partial charge in [-0.1, -0.05) is 29.4 Å². The van der Waals surface area contributed by atoms with Crippen LogP contribution in [0.2, 0.25) is 0 Å². The van der Waals surface area contributed by atoms with Crippen LogP contribution in [-0.2, 0) is 6.18 Å². The summed E-state index contributed by atoms with van der Waals surface area (Å²) in [5, 5.41) is 4.22. The number of benzene rings is 2. The standard InChI is InChI=1S/C20H13F3N4O2S/c21-20(22,23)13-5-3-4-11(8-13)16-25-17(29-26-16)12-9-27(10-12)19(28)18-24-14-6-1-2-7-15(14)30-18/h1-8,12H,9-10H2. The molecule has 0 atom stereocenters. The Balaban J connectivity index is 1.28.